The number of nitrogens with zero attached hydrogens (tertiary/aromatic N) is 2. The number of amidine groups is 1. The van der Waals surface area contributed by atoms with Crippen LogP contribution in [0.1, 0.15) is 51.4 Å². The number of halogens is 1. The van der Waals surface area contributed by atoms with Gasteiger partial charge < -0.3 is 30.9 Å². The normalized spacial score (nSPS) is 33.4. The molecule has 0 aromatic carbocycles. The third-order valence-electron chi connectivity index (χ3n) is 8.16. The van der Waals surface area contributed by atoms with Crippen molar-refractivity contribution in [3.05, 3.63) is 35.1 Å². The number of nitrogens with one attached hydrogen (secondary N) is 3. The maximum atomic E-state index is 9.89. The first-order chi connectivity index (χ1) is 16.5. The highest BCUT2D eigenvalue weighted by molar-refractivity contribution is 14.1. The molecular weight excluding hydrogens is 544 g/mol. The summed E-state index contributed by atoms with van der Waals surface area (Å²) in [5, 5.41) is 39.5. The van der Waals surface area contributed by atoms with Gasteiger partial charge in [0.15, 0.2) is 17.8 Å². The molecule has 0 spiro atoms. The fourth-order valence-corrected chi connectivity index (χ4v) is 7.62. The molecular formula is C24H37BIN5O3. The third-order valence-corrected chi connectivity index (χ3v) is 9.69. The van der Waals surface area contributed by atoms with Crippen LogP contribution in [-0.4, -0.2) is 75.2 Å². The van der Waals surface area contributed by atoms with E-state index in [2.05, 4.69) is 49.6 Å². The van der Waals surface area contributed by atoms with Gasteiger partial charge in [-0.15, -0.1) is 0 Å². The van der Waals surface area contributed by atoms with Crippen molar-refractivity contribution in [2.24, 2.45) is 10.9 Å². The minimum atomic E-state index is -0.439. The molecule has 10 heteroatoms. The van der Waals surface area contributed by atoms with E-state index in [1.807, 2.05) is 0 Å². The molecule has 0 amide bonds. The summed E-state index contributed by atoms with van der Waals surface area (Å²) in [7, 11) is 1.36. The summed E-state index contributed by atoms with van der Waals surface area (Å²) in [5.41, 5.74) is 1.27. The van der Waals surface area contributed by atoms with Gasteiger partial charge in [-0.3, -0.25) is 5.32 Å². The molecule has 3 aliphatic heterocycles. The maximum Gasteiger partial charge on any atom is 0.195 e. The second-order valence-electron chi connectivity index (χ2n) is 10.5. The Labute approximate surface area is 216 Å². The van der Waals surface area contributed by atoms with E-state index in [1.165, 1.54) is 70.5 Å². The average molecular weight is 581 g/mol. The van der Waals surface area contributed by atoms with Crippen molar-refractivity contribution in [3.63, 3.8) is 0 Å². The van der Waals surface area contributed by atoms with Gasteiger partial charge in [-0.05, 0) is 67.4 Å². The summed E-state index contributed by atoms with van der Waals surface area (Å²) < 4.78 is 0.758. The van der Waals surface area contributed by atoms with Crippen molar-refractivity contribution < 1.29 is 15.3 Å². The van der Waals surface area contributed by atoms with Crippen molar-refractivity contribution in [3.8, 4) is 0 Å². The number of likely N-dealkylation sites (tertiary alicyclic amines) is 1. The van der Waals surface area contributed by atoms with E-state index in [-0.39, 0.29) is 30.3 Å². The van der Waals surface area contributed by atoms with Crippen LogP contribution < -0.4 is 16.0 Å². The van der Waals surface area contributed by atoms with Gasteiger partial charge in [-0.1, -0.05) is 34.8 Å². The molecule has 34 heavy (non-hydrogen) atoms. The molecule has 186 valence electrons. The smallest absolute Gasteiger partial charge is 0.195 e. The fourth-order valence-electron chi connectivity index (χ4n) is 6.25. The van der Waals surface area contributed by atoms with E-state index in [4.69, 9.17) is 4.99 Å². The Balaban J connectivity index is 1.21. The molecule has 2 aliphatic carbocycles. The second kappa shape index (κ2) is 10.7. The number of hydrogen-bond acceptors (Lipinski definition) is 8. The first-order valence-electron chi connectivity index (χ1n) is 12.9. The van der Waals surface area contributed by atoms with Crippen molar-refractivity contribution in [2.75, 3.05) is 19.6 Å². The summed E-state index contributed by atoms with van der Waals surface area (Å²) in [6.45, 7) is 3.39. The fraction of sp³-hybridized carbons (Fsp3) is 0.708. The van der Waals surface area contributed by atoms with Gasteiger partial charge in [0.2, 0.25) is 0 Å². The van der Waals surface area contributed by atoms with Crippen molar-refractivity contribution in [1.82, 2.24) is 20.9 Å². The van der Waals surface area contributed by atoms with E-state index in [0.717, 1.165) is 34.4 Å². The summed E-state index contributed by atoms with van der Waals surface area (Å²) >= 11 is 2.74. The molecule has 0 bridgehead atoms. The molecule has 0 aromatic rings. The molecule has 0 radical (unpaired) electrons. The number of hydrogen-bond donors (Lipinski definition) is 6. The third kappa shape index (κ3) is 5.38. The molecule has 3 fully saturated rings. The summed E-state index contributed by atoms with van der Waals surface area (Å²) in [6, 6.07) is 0.242. The first-order valence-corrected chi connectivity index (χ1v) is 14.2. The van der Waals surface area contributed by atoms with Crippen LogP contribution in [0.25, 0.3) is 0 Å². The molecule has 2 saturated heterocycles. The van der Waals surface area contributed by atoms with Gasteiger partial charge in [0.25, 0.3) is 0 Å². The number of rotatable bonds is 6. The van der Waals surface area contributed by atoms with E-state index in [9.17, 15) is 15.3 Å². The number of aliphatic imine (C=N–C) groups is 1. The second-order valence-corrected chi connectivity index (χ2v) is 12.1. The van der Waals surface area contributed by atoms with E-state index in [0.29, 0.717) is 6.04 Å². The van der Waals surface area contributed by atoms with Gasteiger partial charge in [-0.25, -0.2) is 4.99 Å². The minimum Gasteiger partial charge on any atom is -0.508 e. The number of aliphatic hydroxyl groups excluding tert-OH is 3. The molecule has 3 heterocycles. The lowest BCUT2D eigenvalue weighted by Gasteiger charge is -2.39. The van der Waals surface area contributed by atoms with Gasteiger partial charge in [-0.2, -0.15) is 0 Å². The minimum absolute atomic E-state index is 0.203. The highest BCUT2D eigenvalue weighted by Gasteiger charge is 2.37. The lowest BCUT2D eigenvalue weighted by molar-refractivity contribution is 0.214. The average Bonchev–Trinajstić information content (AvgIpc) is 3.26. The predicted molar refractivity (Wildman–Crippen MR) is 145 cm³/mol. The predicted octanol–water partition coefficient (Wildman–Crippen LogP) is 2.92. The highest BCUT2D eigenvalue weighted by Crippen LogP contribution is 2.37. The van der Waals surface area contributed by atoms with Crippen LogP contribution in [0.15, 0.2) is 40.1 Å². The Kier molecular flexibility index (Phi) is 7.65. The topological polar surface area (TPSA) is 112 Å². The van der Waals surface area contributed by atoms with Crippen molar-refractivity contribution in [2.45, 2.75) is 79.4 Å². The first kappa shape index (κ1) is 24.3. The van der Waals surface area contributed by atoms with Crippen LogP contribution in [0.5, 0.6) is 0 Å². The van der Waals surface area contributed by atoms with Crippen LogP contribution >= 0.6 is 22.6 Å². The van der Waals surface area contributed by atoms with E-state index in [1.54, 1.807) is 0 Å². The number of piperidine rings is 1. The Morgan fingerprint density at radius 2 is 2.00 bits per heavy atom. The van der Waals surface area contributed by atoms with Crippen LogP contribution in [-0.2, 0) is 0 Å². The van der Waals surface area contributed by atoms with E-state index >= 15 is 0 Å². The van der Waals surface area contributed by atoms with Crippen molar-refractivity contribution in [1.29, 1.82) is 0 Å². The zero-order valence-electron chi connectivity index (χ0n) is 19.7. The molecule has 5 rings (SSSR count). The number of aliphatic hydroxyl groups is 3. The highest BCUT2D eigenvalue weighted by atomic mass is 127. The Morgan fingerprint density at radius 1 is 1.18 bits per heavy atom. The molecule has 4 unspecified atom stereocenters. The number of alkyl halides is 1. The zero-order chi connectivity index (χ0) is 23.7. The summed E-state index contributed by atoms with van der Waals surface area (Å²) in [6.07, 6.45) is 12.3. The Morgan fingerprint density at radius 3 is 2.79 bits per heavy atom. The quantitative estimate of drug-likeness (QED) is 0.163. The lowest BCUT2D eigenvalue weighted by Crippen LogP contribution is -2.49. The monoisotopic (exact) mass is 581 g/mol. The van der Waals surface area contributed by atoms with E-state index < -0.39 is 5.76 Å². The van der Waals surface area contributed by atoms with Crippen LogP contribution in [0.3, 0.4) is 0 Å². The lowest BCUT2D eigenvalue weighted by atomic mass is 9.54. The number of fused-ring (bicyclic) bond motifs is 1. The molecule has 0 aromatic heterocycles. The Hall–Kier alpha value is -1.40. The largest absolute Gasteiger partial charge is 0.508 e. The van der Waals surface area contributed by atoms with Crippen LogP contribution in [0.4, 0.5) is 0 Å². The standard InChI is InChI=1S/C24H37BIN5O3/c26-22(25-16-4-7-27-8-5-16)14-2-1-3-18(10-14)31-9-6-15-13-28-24(30-23(15)31)29-17-11-19(32)21(34)20(33)12-17/h11,13-14,16-18,22,24-25,27-29,32-34H,1-10,12H2/t14?,17?,18?,22-,24?/m1/s1. The maximum absolute atomic E-state index is 9.89. The molecule has 8 nitrogen and oxygen atoms in total. The Bertz CT molecular complexity index is 888. The molecule has 6 N–H and O–H groups in total. The zero-order valence-corrected chi connectivity index (χ0v) is 21.9. The summed E-state index contributed by atoms with van der Waals surface area (Å²) in [4.78, 5) is 7.54. The summed E-state index contributed by atoms with van der Waals surface area (Å²) in [5.74, 6) is 1.83. The molecule has 5 atom stereocenters. The van der Waals surface area contributed by atoms with Crippen LogP contribution in [0.2, 0.25) is 5.82 Å². The van der Waals surface area contributed by atoms with Gasteiger partial charge in [0, 0.05) is 36.8 Å². The van der Waals surface area contributed by atoms with Gasteiger partial charge >= 0.3 is 0 Å². The molecule has 5 aliphatic rings. The molecule has 1 saturated carbocycles. The van der Waals surface area contributed by atoms with Crippen molar-refractivity contribution >= 4 is 35.7 Å². The SMILES string of the molecule is OC1=CC(NC2N=C3C(=CN2)CCN3C2CCCC([C@@H](I)BC3CCNCC3)C2)CC(O)=C1O. The van der Waals surface area contributed by atoms with Gasteiger partial charge in [0.1, 0.15) is 18.9 Å². The van der Waals surface area contributed by atoms with Gasteiger partial charge in [0.05, 0.1) is 0 Å². The van der Waals surface area contributed by atoms with Crippen LogP contribution in [0, 0.1) is 5.92 Å².